The van der Waals surface area contributed by atoms with Crippen LogP contribution in [0.1, 0.15) is 64.0 Å². The van der Waals surface area contributed by atoms with Crippen LogP contribution >= 0.6 is 0 Å². The van der Waals surface area contributed by atoms with Crippen LogP contribution < -0.4 is 21.1 Å². The van der Waals surface area contributed by atoms with Gasteiger partial charge in [0.15, 0.2) is 23.7 Å². The molecule has 2 heterocycles. The number of unbranched alkanes of at least 4 members (excludes halogenated alkanes) is 1. The number of piperidine rings is 1. The molecular formula is C31H42N4O9. The first-order valence-corrected chi connectivity index (χ1v) is 15.2. The number of benzene rings is 1. The van der Waals surface area contributed by atoms with Gasteiger partial charge in [0, 0.05) is 24.9 Å². The van der Waals surface area contributed by atoms with Crippen LogP contribution in [0.5, 0.6) is 11.5 Å². The Kier molecular flexibility index (Phi) is 8.67. The molecule has 1 spiro atoms. The first-order valence-electron chi connectivity index (χ1n) is 15.2. The summed E-state index contributed by atoms with van der Waals surface area (Å²) in [4.78, 5) is 52.5. The highest BCUT2D eigenvalue weighted by Gasteiger charge is 2.72. The summed E-state index contributed by atoms with van der Waals surface area (Å²) in [5.74, 6) is -2.22. The second-order valence-corrected chi connectivity index (χ2v) is 12.4. The number of aromatic hydroxyl groups is 1. The Labute approximate surface area is 256 Å². The number of carbonyl (C=O) groups is 4. The molecule has 6 N–H and O–H groups in total. The molecule has 0 saturated carbocycles. The van der Waals surface area contributed by atoms with Crippen molar-refractivity contribution in [2.45, 2.75) is 101 Å². The van der Waals surface area contributed by atoms with E-state index >= 15 is 0 Å². The van der Waals surface area contributed by atoms with Gasteiger partial charge in [0.25, 0.3) is 0 Å². The van der Waals surface area contributed by atoms with Gasteiger partial charge in [-0.05, 0) is 83.8 Å². The number of hydrogen-bond donors (Lipinski definition) is 5. The SMILES string of the molecule is CC(=O)N[C@@H](CCCCN)C(=O)N[C@@H](C)C(=O)O[C@@H](C)C(=O)OC1=CC[C@@]2(O)[C@H]3Cc4ccc(O)c5c4[C@@]2(CCN3C)[C@H]1O5. The van der Waals surface area contributed by atoms with Crippen LogP contribution in [0.4, 0.5) is 0 Å². The van der Waals surface area contributed by atoms with E-state index in [1.165, 1.54) is 20.8 Å². The average Bonchev–Trinajstić information content (AvgIpc) is 3.33. The van der Waals surface area contributed by atoms with Crippen molar-refractivity contribution in [3.05, 3.63) is 35.1 Å². The van der Waals surface area contributed by atoms with E-state index < -0.39 is 53.2 Å². The van der Waals surface area contributed by atoms with E-state index in [9.17, 15) is 29.4 Å². The highest BCUT2D eigenvalue weighted by molar-refractivity contribution is 5.90. The van der Waals surface area contributed by atoms with Crippen LogP contribution in [0.25, 0.3) is 0 Å². The number of nitrogens with zero attached hydrogens (tertiary/aromatic N) is 1. The Balaban J connectivity index is 1.26. The van der Waals surface area contributed by atoms with E-state index in [1.807, 2.05) is 13.1 Å². The Hall–Kier alpha value is -3.68. The molecule has 0 aromatic heterocycles. The number of nitrogens with two attached hydrogens (primary N) is 1. The van der Waals surface area contributed by atoms with E-state index in [-0.39, 0.29) is 29.9 Å². The normalized spacial score (nSPS) is 28.4. The molecule has 5 rings (SSSR count). The standard InChI is InChI=1S/C31H42N4O9/c1-16(33-27(38)20(34-18(3)36)7-5-6-13-32)28(39)42-17(2)29(40)43-22-10-11-31(41)23-15-19-8-9-21(37)25-24(19)30(31,26(22)44-25)12-14-35(23)4/h8-10,16-17,20,23,26,37,41H,5-7,11-15,32H2,1-4H3,(H,33,38)(H,34,36)/t16-,17-,20-,23+,26-,30-,31+/m0/s1. The molecule has 240 valence electrons. The predicted octanol–water partition coefficient (Wildman–Crippen LogP) is 0.283. The minimum atomic E-state index is -1.33. The Morgan fingerprint density at radius 1 is 1.18 bits per heavy atom. The Bertz CT molecular complexity index is 1380. The fourth-order valence-corrected chi connectivity index (χ4v) is 7.34. The van der Waals surface area contributed by atoms with Gasteiger partial charge in [-0.25, -0.2) is 9.59 Å². The number of carbonyl (C=O) groups excluding carboxylic acids is 4. The van der Waals surface area contributed by atoms with Crippen molar-refractivity contribution in [3.8, 4) is 11.5 Å². The van der Waals surface area contributed by atoms with Gasteiger partial charge in [0.1, 0.15) is 17.8 Å². The van der Waals surface area contributed by atoms with Crippen LogP contribution in [0, 0.1) is 0 Å². The molecule has 44 heavy (non-hydrogen) atoms. The number of phenolic OH excluding ortho intramolecular Hbond substituents is 1. The first-order chi connectivity index (χ1) is 20.8. The van der Waals surface area contributed by atoms with Gasteiger partial charge in [-0.15, -0.1) is 0 Å². The average molecular weight is 615 g/mol. The molecule has 1 fully saturated rings. The molecule has 13 heteroatoms. The summed E-state index contributed by atoms with van der Waals surface area (Å²) in [6.07, 6.45) is 2.40. The van der Waals surface area contributed by atoms with Crippen molar-refractivity contribution >= 4 is 23.8 Å². The second-order valence-electron chi connectivity index (χ2n) is 12.4. The molecule has 13 nitrogen and oxygen atoms in total. The largest absolute Gasteiger partial charge is 0.504 e. The lowest BCUT2D eigenvalue weighted by molar-refractivity contribution is -0.176. The van der Waals surface area contributed by atoms with E-state index in [0.717, 1.165) is 11.1 Å². The number of esters is 2. The third kappa shape index (κ3) is 5.20. The van der Waals surface area contributed by atoms with Crippen molar-refractivity contribution in [1.82, 2.24) is 15.5 Å². The van der Waals surface area contributed by atoms with Gasteiger partial charge < -0.3 is 45.7 Å². The van der Waals surface area contributed by atoms with E-state index in [4.69, 9.17) is 19.9 Å². The zero-order valence-electron chi connectivity index (χ0n) is 25.6. The van der Waals surface area contributed by atoms with Crippen LogP contribution in [0.3, 0.4) is 0 Å². The minimum Gasteiger partial charge on any atom is -0.504 e. The summed E-state index contributed by atoms with van der Waals surface area (Å²) in [5, 5.41) is 28.0. The van der Waals surface area contributed by atoms with E-state index in [0.29, 0.717) is 50.9 Å². The highest BCUT2D eigenvalue weighted by atomic mass is 16.6. The summed E-state index contributed by atoms with van der Waals surface area (Å²) >= 11 is 0. The number of rotatable bonds is 11. The van der Waals surface area contributed by atoms with Gasteiger partial charge in [-0.1, -0.05) is 6.07 Å². The molecular weight excluding hydrogens is 572 g/mol. The van der Waals surface area contributed by atoms with Crippen molar-refractivity contribution < 1.29 is 43.6 Å². The van der Waals surface area contributed by atoms with Crippen molar-refractivity contribution in [2.24, 2.45) is 5.73 Å². The van der Waals surface area contributed by atoms with Gasteiger partial charge >= 0.3 is 11.9 Å². The summed E-state index contributed by atoms with van der Waals surface area (Å²) in [7, 11) is 1.98. The monoisotopic (exact) mass is 614 g/mol. The summed E-state index contributed by atoms with van der Waals surface area (Å²) in [6.45, 7) is 5.20. The maximum absolute atomic E-state index is 13.2. The molecule has 0 unspecified atom stereocenters. The fourth-order valence-electron chi connectivity index (χ4n) is 7.34. The number of hydrogen-bond acceptors (Lipinski definition) is 11. The summed E-state index contributed by atoms with van der Waals surface area (Å²) in [6, 6.07) is 1.29. The Morgan fingerprint density at radius 3 is 2.64 bits per heavy atom. The lowest BCUT2D eigenvalue weighted by Crippen LogP contribution is -2.74. The topological polar surface area (TPSA) is 190 Å². The van der Waals surface area contributed by atoms with Crippen molar-refractivity contribution in [1.29, 1.82) is 0 Å². The molecule has 2 aliphatic heterocycles. The summed E-state index contributed by atoms with van der Waals surface area (Å²) in [5.41, 5.74) is 5.13. The maximum Gasteiger partial charge on any atom is 0.352 e. The smallest absolute Gasteiger partial charge is 0.352 e. The van der Waals surface area contributed by atoms with Crippen LogP contribution in [-0.4, -0.2) is 94.9 Å². The fraction of sp³-hybridized carbons (Fsp3) is 0.613. The third-order valence-electron chi connectivity index (χ3n) is 9.55. The lowest BCUT2D eigenvalue weighted by atomic mass is 9.50. The van der Waals surface area contributed by atoms with Gasteiger partial charge in [0.05, 0.1) is 11.0 Å². The number of phenols is 1. The molecule has 2 bridgehead atoms. The zero-order chi connectivity index (χ0) is 32.0. The predicted molar refractivity (Wildman–Crippen MR) is 156 cm³/mol. The van der Waals surface area contributed by atoms with Gasteiger partial charge in [-0.3, -0.25) is 9.59 Å². The van der Waals surface area contributed by atoms with Crippen LogP contribution in [0.2, 0.25) is 0 Å². The quantitative estimate of drug-likeness (QED) is 0.170. The van der Waals surface area contributed by atoms with Gasteiger partial charge in [-0.2, -0.15) is 0 Å². The number of ether oxygens (including phenoxy) is 3. The molecule has 1 aromatic rings. The van der Waals surface area contributed by atoms with E-state index in [2.05, 4.69) is 15.5 Å². The lowest BCUT2D eigenvalue weighted by Gasteiger charge is -2.61. The number of nitrogens with one attached hydrogen (secondary N) is 2. The number of aliphatic hydroxyl groups is 1. The van der Waals surface area contributed by atoms with Crippen molar-refractivity contribution in [2.75, 3.05) is 20.1 Å². The number of likely N-dealkylation sites (N-methyl/N-ethyl adjacent to an activating group) is 1. The van der Waals surface area contributed by atoms with Crippen LogP contribution in [0.15, 0.2) is 24.0 Å². The maximum atomic E-state index is 13.2. The van der Waals surface area contributed by atoms with Crippen molar-refractivity contribution in [3.63, 3.8) is 0 Å². The summed E-state index contributed by atoms with van der Waals surface area (Å²) < 4.78 is 17.4. The molecule has 1 aromatic carbocycles. The van der Waals surface area contributed by atoms with Gasteiger partial charge in [0.2, 0.25) is 11.8 Å². The molecule has 2 amide bonds. The zero-order valence-corrected chi connectivity index (χ0v) is 25.6. The second kappa shape index (κ2) is 12.0. The highest BCUT2D eigenvalue weighted by Crippen LogP contribution is 2.65. The minimum absolute atomic E-state index is 0.0450. The Morgan fingerprint density at radius 2 is 1.93 bits per heavy atom. The number of amides is 2. The third-order valence-corrected chi connectivity index (χ3v) is 9.55. The van der Waals surface area contributed by atoms with E-state index in [1.54, 1.807) is 12.1 Å². The molecule has 4 aliphatic rings. The molecule has 2 aliphatic carbocycles. The first kappa shape index (κ1) is 31.7. The van der Waals surface area contributed by atoms with Crippen LogP contribution in [-0.2, 0) is 40.5 Å². The molecule has 0 radical (unpaired) electrons. The molecule has 7 atom stereocenters. The molecule has 1 saturated heterocycles. The number of likely N-dealkylation sites (tertiary alicyclic amines) is 1.